The third kappa shape index (κ3) is 4.94. The van der Waals surface area contributed by atoms with Crippen LogP contribution in [0, 0.1) is 0 Å². The molecule has 0 bridgehead atoms. The van der Waals surface area contributed by atoms with Crippen molar-refractivity contribution in [3.8, 4) is 0 Å². The van der Waals surface area contributed by atoms with Crippen molar-refractivity contribution in [1.29, 1.82) is 0 Å². The van der Waals surface area contributed by atoms with E-state index >= 15 is 0 Å². The van der Waals surface area contributed by atoms with E-state index in [9.17, 15) is 4.79 Å². The van der Waals surface area contributed by atoms with Gasteiger partial charge in [0.05, 0.1) is 0 Å². The van der Waals surface area contributed by atoms with E-state index in [1.165, 1.54) is 0 Å². The van der Waals surface area contributed by atoms with E-state index in [2.05, 4.69) is 31.0 Å². The number of carbonyl (C=O) groups excluding carboxylic acids is 1. The molecule has 0 aromatic heterocycles. The normalized spacial score (nSPS) is 22.6. The van der Waals surface area contributed by atoms with Gasteiger partial charge in [-0.25, -0.2) is 4.79 Å². The lowest BCUT2D eigenvalue weighted by Gasteiger charge is -2.31. The molecule has 1 atom stereocenters. The Kier molecular flexibility index (Phi) is 4.07. The molecule has 0 spiro atoms. The molecule has 0 unspecified atom stereocenters. The van der Waals surface area contributed by atoms with E-state index in [0.29, 0.717) is 0 Å². The second kappa shape index (κ2) is 4.84. The molecule has 0 aromatic carbocycles. The molecule has 17 heavy (non-hydrogen) atoms. The SMILES string of the molecule is CC(C)(C)NC(=O)O[C@@H]1CCN(C(C)(C)C)C1. The quantitative estimate of drug-likeness (QED) is 0.767. The molecule has 0 aliphatic carbocycles. The fourth-order valence-corrected chi connectivity index (χ4v) is 1.92. The molecule has 1 N–H and O–H groups in total. The van der Waals surface area contributed by atoms with Gasteiger partial charge < -0.3 is 10.1 Å². The number of rotatable bonds is 1. The molecule has 1 aliphatic heterocycles. The monoisotopic (exact) mass is 242 g/mol. The Morgan fingerprint density at radius 3 is 2.24 bits per heavy atom. The average molecular weight is 242 g/mol. The second-order valence-corrected chi connectivity index (χ2v) is 6.81. The number of amides is 1. The van der Waals surface area contributed by atoms with Crippen molar-refractivity contribution in [1.82, 2.24) is 10.2 Å². The standard InChI is InChI=1S/C13H26N2O2/c1-12(2,3)14-11(16)17-10-7-8-15(9-10)13(4,5)6/h10H,7-9H2,1-6H3,(H,14,16)/t10-/m1/s1. The number of carbonyl (C=O) groups is 1. The van der Waals surface area contributed by atoms with E-state index in [0.717, 1.165) is 19.5 Å². The highest BCUT2D eigenvalue weighted by Crippen LogP contribution is 2.22. The van der Waals surface area contributed by atoms with E-state index in [1.807, 2.05) is 20.8 Å². The van der Waals surface area contributed by atoms with Gasteiger partial charge in [-0.05, 0) is 48.0 Å². The van der Waals surface area contributed by atoms with Crippen molar-refractivity contribution in [3.63, 3.8) is 0 Å². The van der Waals surface area contributed by atoms with E-state index in [1.54, 1.807) is 0 Å². The van der Waals surface area contributed by atoms with Crippen LogP contribution in [-0.2, 0) is 4.74 Å². The molecule has 100 valence electrons. The number of alkyl carbamates (subject to hydrolysis) is 1. The van der Waals surface area contributed by atoms with E-state index in [-0.39, 0.29) is 23.3 Å². The molecular formula is C13H26N2O2. The lowest BCUT2D eigenvalue weighted by atomic mass is 10.1. The summed E-state index contributed by atoms with van der Waals surface area (Å²) < 4.78 is 5.42. The Bertz CT molecular complexity index is 276. The molecule has 0 aromatic rings. The molecule has 1 heterocycles. The van der Waals surface area contributed by atoms with Gasteiger partial charge in [-0.3, -0.25) is 4.90 Å². The van der Waals surface area contributed by atoms with Gasteiger partial charge in [0.25, 0.3) is 0 Å². The zero-order chi connectivity index (χ0) is 13.3. The summed E-state index contributed by atoms with van der Waals surface area (Å²) in [4.78, 5) is 14.0. The molecule has 1 fully saturated rings. The number of nitrogens with zero attached hydrogens (tertiary/aromatic N) is 1. The molecule has 1 aliphatic rings. The number of hydrogen-bond acceptors (Lipinski definition) is 3. The van der Waals surface area contributed by atoms with Crippen molar-refractivity contribution in [2.24, 2.45) is 0 Å². The molecular weight excluding hydrogens is 216 g/mol. The molecule has 0 radical (unpaired) electrons. The first kappa shape index (κ1) is 14.3. The summed E-state index contributed by atoms with van der Waals surface area (Å²) >= 11 is 0. The minimum Gasteiger partial charge on any atom is -0.445 e. The predicted molar refractivity (Wildman–Crippen MR) is 69.1 cm³/mol. The zero-order valence-electron chi connectivity index (χ0n) is 12.0. The zero-order valence-corrected chi connectivity index (χ0v) is 12.0. The summed E-state index contributed by atoms with van der Waals surface area (Å²) in [7, 11) is 0. The molecule has 4 nitrogen and oxygen atoms in total. The number of nitrogens with one attached hydrogen (secondary N) is 1. The van der Waals surface area contributed by atoms with Gasteiger partial charge in [-0.2, -0.15) is 0 Å². The van der Waals surface area contributed by atoms with Crippen LogP contribution in [0.2, 0.25) is 0 Å². The summed E-state index contributed by atoms with van der Waals surface area (Å²) in [6, 6.07) is 0. The summed E-state index contributed by atoms with van der Waals surface area (Å²) in [5.41, 5.74) is -0.0853. The first-order chi connectivity index (χ1) is 7.58. The first-order valence-electron chi connectivity index (χ1n) is 6.32. The summed E-state index contributed by atoms with van der Waals surface area (Å²) in [5, 5.41) is 2.82. The van der Waals surface area contributed by atoms with Crippen molar-refractivity contribution in [2.45, 2.75) is 65.1 Å². The predicted octanol–water partition coefficient (Wildman–Crippen LogP) is 2.38. The topological polar surface area (TPSA) is 41.6 Å². The molecule has 4 heteroatoms. The van der Waals surface area contributed by atoms with Crippen LogP contribution in [0.3, 0.4) is 0 Å². The fourth-order valence-electron chi connectivity index (χ4n) is 1.92. The lowest BCUT2D eigenvalue weighted by Crippen LogP contribution is -2.43. The van der Waals surface area contributed by atoms with Gasteiger partial charge in [0.15, 0.2) is 0 Å². The largest absolute Gasteiger partial charge is 0.445 e. The Morgan fingerprint density at radius 1 is 1.24 bits per heavy atom. The lowest BCUT2D eigenvalue weighted by molar-refractivity contribution is 0.0831. The maximum Gasteiger partial charge on any atom is 0.407 e. The smallest absolute Gasteiger partial charge is 0.407 e. The van der Waals surface area contributed by atoms with Crippen LogP contribution in [0.1, 0.15) is 48.0 Å². The fraction of sp³-hybridized carbons (Fsp3) is 0.923. The molecule has 1 rings (SSSR count). The Morgan fingerprint density at radius 2 is 1.82 bits per heavy atom. The second-order valence-electron chi connectivity index (χ2n) is 6.81. The van der Waals surface area contributed by atoms with Crippen LogP contribution >= 0.6 is 0 Å². The number of likely N-dealkylation sites (tertiary alicyclic amines) is 1. The van der Waals surface area contributed by atoms with Gasteiger partial charge in [-0.15, -0.1) is 0 Å². The average Bonchev–Trinajstić information content (AvgIpc) is 2.47. The minimum absolute atomic E-state index is 0.0246. The number of hydrogen-bond donors (Lipinski definition) is 1. The van der Waals surface area contributed by atoms with Gasteiger partial charge in [0.2, 0.25) is 0 Å². The van der Waals surface area contributed by atoms with Crippen LogP contribution < -0.4 is 5.32 Å². The summed E-state index contributed by atoms with van der Waals surface area (Å²) in [6.07, 6.45) is 0.643. The van der Waals surface area contributed by atoms with E-state index in [4.69, 9.17) is 4.74 Å². The highest BCUT2D eigenvalue weighted by molar-refractivity contribution is 5.68. The van der Waals surface area contributed by atoms with Gasteiger partial charge in [-0.1, -0.05) is 0 Å². The molecule has 0 saturated carbocycles. The van der Waals surface area contributed by atoms with Gasteiger partial charge >= 0.3 is 6.09 Å². The Hall–Kier alpha value is -0.770. The highest BCUT2D eigenvalue weighted by Gasteiger charge is 2.32. The molecule has 1 amide bonds. The van der Waals surface area contributed by atoms with Crippen LogP contribution in [0.25, 0.3) is 0 Å². The third-order valence-electron chi connectivity index (χ3n) is 2.84. The minimum atomic E-state index is -0.307. The van der Waals surface area contributed by atoms with Crippen LogP contribution in [0.15, 0.2) is 0 Å². The highest BCUT2D eigenvalue weighted by atomic mass is 16.6. The van der Waals surface area contributed by atoms with Crippen LogP contribution in [0.5, 0.6) is 0 Å². The summed E-state index contributed by atoms with van der Waals surface area (Å²) in [6.45, 7) is 14.2. The summed E-state index contributed by atoms with van der Waals surface area (Å²) in [5.74, 6) is 0. The maximum atomic E-state index is 11.6. The van der Waals surface area contributed by atoms with Crippen molar-refractivity contribution >= 4 is 6.09 Å². The van der Waals surface area contributed by atoms with Gasteiger partial charge in [0, 0.05) is 24.2 Å². The van der Waals surface area contributed by atoms with Crippen LogP contribution in [-0.4, -0.2) is 41.3 Å². The van der Waals surface area contributed by atoms with E-state index < -0.39 is 0 Å². The van der Waals surface area contributed by atoms with Crippen molar-refractivity contribution in [3.05, 3.63) is 0 Å². The number of ether oxygens (including phenoxy) is 1. The Labute approximate surface area is 105 Å². The van der Waals surface area contributed by atoms with Crippen LogP contribution in [0.4, 0.5) is 4.79 Å². The van der Waals surface area contributed by atoms with Crippen molar-refractivity contribution < 1.29 is 9.53 Å². The maximum absolute atomic E-state index is 11.6. The Balaban J connectivity index is 2.38. The first-order valence-corrected chi connectivity index (χ1v) is 6.32. The molecule has 1 saturated heterocycles. The van der Waals surface area contributed by atoms with Gasteiger partial charge in [0.1, 0.15) is 6.10 Å². The third-order valence-corrected chi connectivity index (χ3v) is 2.84. The van der Waals surface area contributed by atoms with Crippen molar-refractivity contribution in [2.75, 3.05) is 13.1 Å².